The largest absolute Gasteiger partial charge is 0.391 e. The summed E-state index contributed by atoms with van der Waals surface area (Å²) in [7, 11) is 0. The molecule has 1 unspecified atom stereocenters. The van der Waals surface area contributed by atoms with Crippen molar-refractivity contribution in [1.82, 2.24) is 9.55 Å². The van der Waals surface area contributed by atoms with Crippen molar-refractivity contribution in [2.75, 3.05) is 0 Å². The van der Waals surface area contributed by atoms with Crippen LogP contribution in [0.5, 0.6) is 0 Å². The topological polar surface area (TPSA) is 81.1 Å². The lowest BCUT2D eigenvalue weighted by Crippen LogP contribution is -2.30. The van der Waals surface area contributed by atoms with E-state index < -0.39 is 24.2 Å². The first-order chi connectivity index (χ1) is 11.3. The monoisotopic (exact) mass is 341 g/mol. The third kappa shape index (κ3) is 3.10. The van der Waals surface area contributed by atoms with Gasteiger partial charge in [0.15, 0.2) is 0 Å². The van der Waals surface area contributed by atoms with Gasteiger partial charge in [-0.2, -0.15) is 13.2 Å². The van der Waals surface area contributed by atoms with E-state index in [1.165, 1.54) is 18.5 Å². The molecule has 5 nitrogen and oxygen atoms in total. The molecule has 1 heterocycles. The van der Waals surface area contributed by atoms with Crippen LogP contribution >= 0.6 is 0 Å². The quantitative estimate of drug-likeness (QED) is 0.900. The number of hydrogen-bond acceptors (Lipinski definition) is 3. The minimum atomic E-state index is -4.16. The van der Waals surface area contributed by atoms with Gasteiger partial charge in [0.2, 0.25) is 5.91 Å². The number of aliphatic hydroxyl groups excluding tert-OH is 1. The molecule has 1 atom stereocenters. The van der Waals surface area contributed by atoms with Gasteiger partial charge in [0.1, 0.15) is 6.23 Å². The molecule has 1 saturated carbocycles. The van der Waals surface area contributed by atoms with E-state index in [2.05, 4.69) is 4.98 Å². The zero-order valence-corrected chi connectivity index (χ0v) is 12.8. The minimum Gasteiger partial charge on any atom is -0.373 e. The van der Waals surface area contributed by atoms with Gasteiger partial charge in [0, 0.05) is 11.5 Å². The molecule has 1 amide bonds. The van der Waals surface area contributed by atoms with E-state index in [1.54, 1.807) is 10.6 Å². The van der Waals surface area contributed by atoms with Crippen LogP contribution in [-0.2, 0) is 0 Å². The van der Waals surface area contributed by atoms with Crippen LogP contribution in [0.2, 0.25) is 0 Å². The maximum atomic E-state index is 12.7. The van der Waals surface area contributed by atoms with E-state index in [-0.39, 0.29) is 18.8 Å². The summed E-state index contributed by atoms with van der Waals surface area (Å²) in [5.74, 6) is -2.10. The van der Waals surface area contributed by atoms with Crippen molar-refractivity contribution in [1.29, 1.82) is 0 Å². The summed E-state index contributed by atoms with van der Waals surface area (Å²) in [5.41, 5.74) is 6.66. The molecule has 2 aromatic rings. The summed E-state index contributed by atoms with van der Waals surface area (Å²) in [6.07, 6.45) is -2.98. The van der Waals surface area contributed by atoms with Crippen molar-refractivity contribution < 1.29 is 23.1 Å². The van der Waals surface area contributed by atoms with E-state index in [0.717, 1.165) is 0 Å². The first-order valence-electron chi connectivity index (χ1n) is 7.78. The third-order valence-corrected chi connectivity index (χ3v) is 4.80. The summed E-state index contributed by atoms with van der Waals surface area (Å²) in [6, 6.07) is 4.70. The molecule has 1 aromatic carbocycles. The molecule has 1 aromatic heterocycles. The molecule has 3 rings (SSSR count). The molecule has 0 saturated heterocycles. The maximum Gasteiger partial charge on any atom is 0.391 e. The van der Waals surface area contributed by atoms with Crippen molar-refractivity contribution in [2.24, 2.45) is 17.6 Å². The second kappa shape index (κ2) is 6.08. The summed E-state index contributed by atoms with van der Waals surface area (Å²) < 4.78 is 39.8. The Morgan fingerprint density at radius 3 is 2.54 bits per heavy atom. The normalized spacial score (nSPS) is 23.3. The summed E-state index contributed by atoms with van der Waals surface area (Å²) in [5, 5.41) is 10.5. The van der Waals surface area contributed by atoms with E-state index in [0.29, 0.717) is 29.4 Å². The molecule has 24 heavy (non-hydrogen) atoms. The number of primary amides is 1. The second-order valence-electron chi connectivity index (χ2n) is 6.29. The van der Waals surface area contributed by atoms with Crippen LogP contribution < -0.4 is 5.73 Å². The predicted octanol–water partition coefficient (Wildman–Crippen LogP) is 2.99. The average Bonchev–Trinajstić information content (AvgIpc) is 2.96. The summed E-state index contributed by atoms with van der Waals surface area (Å²) >= 11 is 0. The highest BCUT2D eigenvalue weighted by atomic mass is 19.4. The molecule has 3 N–H and O–H groups in total. The number of amides is 1. The molecule has 0 bridgehead atoms. The zero-order valence-electron chi connectivity index (χ0n) is 12.8. The molecule has 130 valence electrons. The highest BCUT2D eigenvalue weighted by molar-refractivity contribution is 5.96. The smallest absolute Gasteiger partial charge is 0.373 e. The molecule has 0 radical (unpaired) electrons. The molecule has 8 heteroatoms. The molecule has 0 spiro atoms. The van der Waals surface area contributed by atoms with Crippen molar-refractivity contribution in [3.8, 4) is 0 Å². The minimum absolute atomic E-state index is 0.0314. The van der Waals surface area contributed by atoms with Gasteiger partial charge in [0.25, 0.3) is 0 Å². The lowest BCUT2D eigenvalue weighted by atomic mass is 9.80. The Bertz CT molecular complexity index is 749. The number of aliphatic hydroxyl groups is 1. The van der Waals surface area contributed by atoms with Crippen molar-refractivity contribution in [3.63, 3.8) is 0 Å². The third-order valence-electron chi connectivity index (χ3n) is 4.80. The van der Waals surface area contributed by atoms with E-state index >= 15 is 0 Å². The molecule has 1 aliphatic carbocycles. The lowest BCUT2D eigenvalue weighted by Gasteiger charge is -2.32. The second-order valence-corrected chi connectivity index (χ2v) is 6.29. The first-order valence-corrected chi connectivity index (χ1v) is 7.78. The van der Waals surface area contributed by atoms with Crippen LogP contribution in [0, 0.1) is 11.8 Å². The number of aromatic nitrogens is 2. The van der Waals surface area contributed by atoms with Gasteiger partial charge >= 0.3 is 6.18 Å². The maximum absolute atomic E-state index is 12.7. The number of nitrogens with two attached hydrogens (primary N) is 1. The Morgan fingerprint density at radius 2 is 1.96 bits per heavy atom. The first kappa shape index (κ1) is 16.8. The molecule has 0 aliphatic heterocycles. The fourth-order valence-electron chi connectivity index (χ4n) is 3.37. The van der Waals surface area contributed by atoms with Crippen LogP contribution in [0.3, 0.4) is 0 Å². The number of hydrogen-bond donors (Lipinski definition) is 2. The van der Waals surface area contributed by atoms with Gasteiger partial charge in [0.05, 0.1) is 23.3 Å². The van der Waals surface area contributed by atoms with Gasteiger partial charge in [-0.25, -0.2) is 4.98 Å². The molecule has 1 aliphatic rings. The van der Waals surface area contributed by atoms with Gasteiger partial charge in [-0.15, -0.1) is 0 Å². The standard InChI is InChI=1S/C16H18F3N3O2/c17-16(18,19)11-4-1-9(2-5-11)15(24)22-8-21-12-7-10(14(20)23)3-6-13(12)22/h3,6-9,11,15,24H,1-2,4-5H2,(H2,20,23). The fraction of sp³-hybridized carbons (Fsp3) is 0.500. The van der Waals surface area contributed by atoms with Crippen LogP contribution in [0.25, 0.3) is 11.0 Å². The predicted molar refractivity (Wildman–Crippen MR) is 81.0 cm³/mol. The lowest BCUT2D eigenvalue weighted by molar-refractivity contribution is -0.186. The Balaban J connectivity index is 1.77. The number of nitrogens with zero attached hydrogens (tertiary/aromatic N) is 2. The highest BCUT2D eigenvalue weighted by Crippen LogP contribution is 2.42. The number of carbonyl (C=O) groups is 1. The van der Waals surface area contributed by atoms with Gasteiger partial charge in [-0.05, 0) is 43.9 Å². The molecular formula is C16H18F3N3O2. The Labute approximate surface area is 136 Å². The molecular weight excluding hydrogens is 323 g/mol. The van der Waals surface area contributed by atoms with Crippen LogP contribution in [-0.4, -0.2) is 26.7 Å². The van der Waals surface area contributed by atoms with E-state index in [4.69, 9.17) is 5.73 Å². The number of carbonyl (C=O) groups excluding carboxylic acids is 1. The van der Waals surface area contributed by atoms with Gasteiger partial charge in [-0.1, -0.05) is 0 Å². The van der Waals surface area contributed by atoms with Crippen molar-refractivity contribution in [3.05, 3.63) is 30.1 Å². The van der Waals surface area contributed by atoms with Crippen molar-refractivity contribution in [2.45, 2.75) is 38.1 Å². The number of halogens is 3. The summed E-state index contributed by atoms with van der Waals surface area (Å²) in [4.78, 5) is 15.3. The zero-order chi connectivity index (χ0) is 17.5. The van der Waals surface area contributed by atoms with Crippen molar-refractivity contribution >= 4 is 16.9 Å². The number of imidazole rings is 1. The highest BCUT2D eigenvalue weighted by Gasteiger charge is 2.42. The number of fused-ring (bicyclic) bond motifs is 1. The SMILES string of the molecule is NC(=O)c1ccc2c(c1)ncn2C(O)C1CCC(C(F)(F)F)CC1. The van der Waals surface area contributed by atoms with Crippen LogP contribution in [0.1, 0.15) is 42.3 Å². The average molecular weight is 341 g/mol. The Kier molecular flexibility index (Phi) is 4.25. The Hall–Kier alpha value is -2.09. The van der Waals surface area contributed by atoms with Gasteiger partial charge < -0.3 is 15.4 Å². The number of rotatable bonds is 3. The van der Waals surface area contributed by atoms with E-state index in [1.807, 2.05) is 0 Å². The van der Waals surface area contributed by atoms with Crippen LogP contribution in [0.4, 0.5) is 13.2 Å². The van der Waals surface area contributed by atoms with Crippen LogP contribution in [0.15, 0.2) is 24.5 Å². The number of benzene rings is 1. The Morgan fingerprint density at radius 1 is 1.29 bits per heavy atom. The van der Waals surface area contributed by atoms with Gasteiger partial charge in [-0.3, -0.25) is 4.79 Å². The van der Waals surface area contributed by atoms with E-state index in [9.17, 15) is 23.1 Å². The summed E-state index contributed by atoms with van der Waals surface area (Å²) in [6.45, 7) is 0. The number of alkyl halides is 3. The molecule has 1 fully saturated rings. The fourth-order valence-corrected chi connectivity index (χ4v) is 3.37.